The lowest BCUT2D eigenvalue weighted by Gasteiger charge is -2.13. The van der Waals surface area contributed by atoms with E-state index in [1.807, 2.05) is 44.2 Å². The van der Waals surface area contributed by atoms with E-state index in [4.69, 9.17) is 4.74 Å². The van der Waals surface area contributed by atoms with Crippen LogP contribution in [0.2, 0.25) is 0 Å². The Bertz CT molecular complexity index is 365. The van der Waals surface area contributed by atoms with E-state index >= 15 is 0 Å². The Hall–Kier alpha value is -1.77. The van der Waals surface area contributed by atoms with Crippen LogP contribution in [0.5, 0.6) is 0 Å². The summed E-state index contributed by atoms with van der Waals surface area (Å²) in [5, 5.41) is 2.75. The van der Waals surface area contributed by atoms with Gasteiger partial charge in [0.15, 0.2) is 0 Å². The van der Waals surface area contributed by atoms with Crippen molar-refractivity contribution in [2.45, 2.75) is 27.7 Å². The molecule has 0 bridgehead atoms. The first-order chi connectivity index (χ1) is 9.15. The number of nitrogens with one attached hydrogen (secondary N) is 1. The Balaban J connectivity index is 4.54. The van der Waals surface area contributed by atoms with Gasteiger partial charge >= 0.3 is 6.09 Å². The Labute approximate surface area is 116 Å². The fraction of sp³-hybridized carbons (Fsp3) is 0.438. The van der Waals surface area contributed by atoms with Gasteiger partial charge in [0.1, 0.15) is 0 Å². The lowest BCUT2D eigenvalue weighted by molar-refractivity contribution is 0.151. The second-order valence-electron chi connectivity index (χ2n) is 4.08. The van der Waals surface area contributed by atoms with Crippen molar-refractivity contribution in [2.75, 3.05) is 13.2 Å². The summed E-state index contributed by atoms with van der Waals surface area (Å²) in [7, 11) is 0. The molecule has 0 aromatic carbocycles. The van der Waals surface area contributed by atoms with Crippen LogP contribution in [0.4, 0.5) is 4.79 Å². The molecule has 0 aliphatic heterocycles. The summed E-state index contributed by atoms with van der Waals surface area (Å²) >= 11 is 0. The summed E-state index contributed by atoms with van der Waals surface area (Å²) in [5.74, 6) is 0.224. The van der Waals surface area contributed by atoms with Gasteiger partial charge in [-0.05, 0) is 32.3 Å². The largest absolute Gasteiger partial charge is 0.450 e. The molecule has 1 atom stereocenters. The number of hydrogen-bond acceptors (Lipinski definition) is 2. The molecule has 19 heavy (non-hydrogen) atoms. The topological polar surface area (TPSA) is 38.3 Å². The molecule has 0 radical (unpaired) electrons. The van der Waals surface area contributed by atoms with Crippen molar-refractivity contribution in [3.63, 3.8) is 0 Å². The molecule has 1 amide bonds. The van der Waals surface area contributed by atoms with E-state index in [0.29, 0.717) is 13.2 Å². The number of ether oxygens (including phenoxy) is 1. The number of rotatable bonds is 7. The van der Waals surface area contributed by atoms with Crippen molar-refractivity contribution < 1.29 is 9.53 Å². The first kappa shape index (κ1) is 17.2. The summed E-state index contributed by atoms with van der Waals surface area (Å²) < 4.78 is 4.84. The third-order valence-corrected chi connectivity index (χ3v) is 2.47. The Morgan fingerprint density at radius 2 is 1.89 bits per heavy atom. The van der Waals surface area contributed by atoms with Crippen LogP contribution in [0.25, 0.3) is 0 Å². The number of amides is 1. The minimum atomic E-state index is -0.364. The lowest BCUT2D eigenvalue weighted by atomic mass is 10.00. The van der Waals surface area contributed by atoms with Crippen molar-refractivity contribution in [3.8, 4) is 0 Å². The molecule has 0 saturated carbocycles. The predicted octanol–water partition coefficient (Wildman–Crippen LogP) is 4.00. The first-order valence-corrected chi connectivity index (χ1v) is 6.68. The molecule has 1 unspecified atom stereocenters. The van der Waals surface area contributed by atoms with Crippen molar-refractivity contribution in [3.05, 3.63) is 48.1 Å². The molecule has 0 aliphatic rings. The Kier molecular flexibility index (Phi) is 10.3. The van der Waals surface area contributed by atoms with E-state index < -0.39 is 0 Å². The van der Waals surface area contributed by atoms with Gasteiger partial charge in [-0.2, -0.15) is 0 Å². The maximum absolute atomic E-state index is 11.2. The van der Waals surface area contributed by atoms with E-state index in [9.17, 15) is 4.79 Å². The average Bonchev–Trinajstić information content (AvgIpc) is 2.40. The summed E-state index contributed by atoms with van der Waals surface area (Å²) in [6.07, 6.45) is 13.7. The number of allylic oxidation sites excluding steroid dienone is 7. The fourth-order valence-electron chi connectivity index (χ4n) is 1.41. The molecule has 1 N–H and O–H groups in total. The molecular weight excluding hydrogens is 238 g/mol. The molecular formula is C16H25NO2. The van der Waals surface area contributed by atoms with Crippen LogP contribution in [0, 0.1) is 5.92 Å². The number of carbonyl (C=O) groups is 1. The van der Waals surface area contributed by atoms with Gasteiger partial charge in [0.25, 0.3) is 0 Å². The van der Waals surface area contributed by atoms with E-state index in [1.165, 1.54) is 0 Å². The van der Waals surface area contributed by atoms with Gasteiger partial charge in [0.2, 0.25) is 0 Å². The van der Waals surface area contributed by atoms with Crippen LogP contribution in [-0.4, -0.2) is 19.2 Å². The van der Waals surface area contributed by atoms with E-state index in [1.54, 1.807) is 6.92 Å². The zero-order chi connectivity index (χ0) is 14.5. The van der Waals surface area contributed by atoms with Crippen molar-refractivity contribution in [1.82, 2.24) is 5.32 Å². The van der Waals surface area contributed by atoms with Gasteiger partial charge < -0.3 is 10.1 Å². The standard InChI is InChI=1S/C16H25NO2/c1-5-8-10-12-15(11-9-6-2)14(4)13-17-16(18)19-7-3/h5-6,8-12,14H,7,13H2,1-4H3,(H,17,18)/b8-5-,9-6+,12-10-,15-11+. The van der Waals surface area contributed by atoms with Crippen molar-refractivity contribution in [2.24, 2.45) is 5.92 Å². The highest BCUT2D eigenvalue weighted by Crippen LogP contribution is 2.12. The fourth-order valence-corrected chi connectivity index (χ4v) is 1.41. The van der Waals surface area contributed by atoms with Crippen LogP contribution >= 0.6 is 0 Å². The summed E-state index contributed by atoms with van der Waals surface area (Å²) in [6, 6.07) is 0. The zero-order valence-corrected chi connectivity index (χ0v) is 12.3. The Morgan fingerprint density at radius 3 is 2.47 bits per heavy atom. The van der Waals surface area contributed by atoms with Gasteiger partial charge in [0.05, 0.1) is 6.61 Å². The van der Waals surface area contributed by atoms with Crippen LogP contribution in [-0.2, 0) is 4.74 Å². The number of alkyl carbamates (subject to hydrolysis) is 1. The number of carbonyl (C=O) groups excluding carboxylic acids is 1. The zero-order valence-electron chi connectivity index (χ0n) is 12.3. The normalized spacial score (nSPS) is 14.4. The van der Waals surface area contributed by atoms with Crippen LogP contribution in [0.1, 0.15) is 27.7 Å². The molecule has 0 aromatic heterocycles. The minimum absolute atomic E-state index is 0.224. The third kappa shape index (κ3) is 8.89. The van der Waals surface area contributed by atoms with Crippen LogP contribution < -0.4 is 5.32 Å². The molecule has 0 spiro atoms. The third-order valence-electron chi connectivity index (χ3n) is 2.47. The molecule has 0 rings (SSSR count). The lowest BCUT2D eigenvalue weighted by Crippen LogP contribution is -2.29. The highest BCUT2D eigenvalue weighted by molar-refractivity contribution is 5.67. The van der Waals surface area contributed by atoms with E-state index in [-0.39, 0.29) is 12.0 Å². The Morgan fingerprint density at radius 1 is 1.21 bits per heavy atom. The molecule has 0 aliphatic carbocycles. The second-order valence-corrected chi connectivity index (χ2v) is 4.08. The quantitative estimate of drug-likeness (QED) is 0.705. The highest BCUT2D eigenvalue weighted by atomic mass is 16.5. The van der Waals surface area contributed by atoms with Gasteiger partial charge in [0, 0.05) is 6.54 Å². The molecule has 0 heterocycles. The first-order valence-electron chi connectivity index (χ1n) is 6.68. The van der Waals surface area contributed by atoms with Crippen molar-refractivity contribution >= 4 is 6.09 Å². The summed E-state index contributed by atoms with van der Waals surface area (Å²) in [6.45, 7) is 8.77. The molecule has 0 aromatic rings. The van der Waals surface area contributed by atoms with Gasteiger partial charge in [-0.3, -0.25) is 0 Å². The average molecular weight is 263 g/mol. The summed E-state index contributed by atoms with van der Waals surface area (Å²) in [4.78, 5) is 11.2. The second kappa shape index (κ2) is 11.3. The van der Waals surface area contributed by atoms with Gasteiger partial charge in [-0.15, -0.1) is 0 Å². The molecule has 106 valence electrons. The molecule has 0 saturated heterocycles. The highest BCUT2D eigenvalue weighted by Gasteiger charge is 2.08. The summed E-state index contributed by atoms with van der Waals surface area (Å²) in [5.41, 5.74) is 1.16. The van der Waals surface area contributed by atoms with E-state index in [2.05, 4.69) is 24.4 Å². The van der Waals surface area contributed by atoms with E-state index in [0.717, 1.165) is 5.57 Å². The number of hydrogen-bond donors (Lipinski definition) is 1. The predicted molar refractivity (Wildman–Crippen MR) is 81.0 cm³/mol. The van der Waals surface area contributed by atoms with Crippen LogP contribution in [0.3, 0.4) is 0 Å². The van der Waals surface area contributed by atoms with Gasteiger partial charge in [-0.1, -0.05) is 49.5 Å². The molecule has 0 fully saturated rings. The van der Waals surface area contributed by atoms with Gasteiger partial charge in [-0.25, -0.2) is 4.79 Å². The maximum Gasteiger partial charge on any atom is 0.407 e. The molecule has 3 heteroatoms. The smallest absolute Gasteiger partial charge is 0.407 e. The minimum Gasteiger partial charge on any atom is -0.450 e. The van der Waals surface area contributed by atoms with Crippen LogP contribution in [0.15, 0.2) is 48.1 Å². The SMILES string of the molecule is C\C=C/C=C\C(=C/C=C/C)C(C)CNC(=O)OCC. The molecule has 3 nitrogen and oxygen atoms in total. The maximum atomic E-state index is 11.2. The monoisotopic (exact) mass is 263 g/mol. The van der Waals surface area contributed by atoms with Crippen molar-refractivity contribution in [1.29, 1.82) is 0 Å².